The monoisotopic (exact) mass is 333 g/mol. The predicted octanol–water partition coefficient (Wildman–Crippen LogP) is 4.99. The van der Waals surface area contributed by atoms with Crippen LogP contribution in [-0.4, -0.2) is 11.1 Å². The van der Waals surface area contributed by atoms with Crippen molar-refractivity contribution in [1.29, 1.82) is 0 Å². The van der Waals surface area contributed by atoms with E-state index >= 15 is 0 Å². The molecule has 3 heteroatoms. The van der Waals surface area contributed by atoms with Crippen LogP contribution < -0.4 is 5.32 Å². The van der Waals surface area contributed by atoms with E-state index < -0.39 is 5.97 Å². The second-order valence-electron chi connectivity index (χ2n) is 8.08. The molecule has 0 spiro atoms. The van der Waals surface area contributed by atoms with Crippen molar-refractivity contribution >= 4 is 11.7 Å². The first kappa shape index (κ1) is 15.0. The second-order valence-corrected chi connectivity index (χ2v) is 8.08. The standard InChI is InChI=1S/C22H23NO2/c1-12-3-2-4-15(9-12)21-20-14-6-5-13(10-14)19(20)17-11-16(22(24)25)7-8-18(17)23-21/h2-4,7-9,11,13-14,19-21,23H,5-6,10H2,1H3,(H,24,25). The number of aryl methyl sites for hydroxylation is 1. The van der Waals surface area contributed by atoms with Crippen LogP contribution >= 0.6 is 0 Å². The van der Waals surface area contributed by atoms with Crippen LogP contribution in [0.5, 0.6) is 0 Å². The topological polar surface area (TPSA) is 49.3 Å². The lowest BCUT2D eigenvalue weighted by atomic mass is 9.68. The molecule has 25 heavy (non-hydrogen) atoms. The fourth-order valence-electron chi connectivity index (χ4n) is 5.81. The summed E-state index contributed by atoms with van der Waals surface area (Å²) in [5.74, 6) is 1.72. The largest absolute Gasteiger partial charge is 0.478 e. The Morgan fingerprint density at radius 2 is 1.96 bits per heavy atom. The van der Waals surface area contributed by atoms with Crippen molar-refractivity contribution < 1.29 is 9.90 Å². The number of fused-ring (bicyclic) bond motifs is 7. The van der Waals surface area contributed by atoms with Gasteiger partial charge in [0.2, 0.25) is 0 Å². The molecule has 0 amide bonds. The number of anilines is 1. The summed E-state index contributed by atoms with van der Waals surface area (Å²) >= 11 is 0. The SMILES string of the molecule is Cc1cccc(C2Nc3ccc(C(=O)O)cc3C3C4CCC(C4)C23)c1. The Morgan fingerprint density at radius 3 is 2.76 bits per heavy atom. The third-order valence-corrected chi connectivity index (χ3v) is 6.74. The zero-order valence-electron chi connectivity index (χ0n) is 14.4. The molecule has 2 aromatic rings. The first-order chi connectivity index (χ1) is 12.1. The maximum atomic E-state index is 11.4. The number of carboxylic acid groups (broad SMARTS) is 1. The van der Waals surface area contributed by atoms with Gasteiger partial charge < -0.3 is 10.4 Å². The van der Waals surface area contributed by atoms with Gasteiger partial charge in [0.05, 0.1) is 11.6 Å². The number of rotatable bonds is 2. The van der Waals surface area contributed by atoms with Crippen molar-refractivity contribution in [2.24, 2.45) is 17.8 Å². The second kappa shape index (κ2) is 5.35. The minimum absolute atomic E-state index is 0.336. The lowest BCUT2D eigenvalue weighted by Crippen LogP contribution is -2.35. The first-order valence-electron chi connectivity index (χ1n) is 9.32. The summed E-state index contributed by atoms with van der Waals surface area (Å²) in [6.07, 6.45) is 3.92. The van der Waals surface area contributed by atoms with E-state index in [0.29, 0.717) is 29.4 Å². The predicted molar refractivity (Wildman–Crippen MR) is 98.0 cm³/mol. The first-order valence-corrected chi connectivity index (χ1v) is 9.32. The average molecular weight is 333 g/mol. The van der Waals surface area contributed by atoms with Crippen molar-refractivity contribution in [2.45, 2.75) is 38.1 Å². The Bertz CT molecular complexity index is 859. The van der Waals surface area contributed by atoms with Gasteiger partial charge in [-0.2, -0.15) is 0 Å². The van der Waals surface area contributed by atoms with E-state index in [1.165, 1.54) is 36.0 Å². The molecule has 0 aromatic heterocycles. The number of hydrogen-bond donors (Lipinski definition) is 2. The molecule has 2 N–H and O–H groups in total. The summed E-state index contributed by atoms with van der Waals surface area (Å²) < 4.78 is 0. The van der Waals surface area contributed by atoms with Gasteiger partial charge in [-0.25, -0.2) is 4.79 Å². The van der Waals surface area contributed by atoms with E-state index in [1.807, 2.05) is 12.1 Å². The van der Waals surface area contributed by atoms with Gasteiger partial charge in [0.25, 0.3) is 0 Å². The molecular weight excluding hydrogens is 310 g/mol. The molecule has 128 valence electrons. The Morgan fingerprint density at radius 1 is 1.12 bits per heavy atom. The van der Waals surface area contributed by atoms with Gasteiger partial charge in [-0.05, 0) is 79.2 Å². The summed E-state index contributed by atoms with van der Waals surface area (Å²) in [7, 11) is 0. The summed E-state index contributed by atoms with van der Waals surface area (Å²) in [6, 6.07) is 14.8. The molecule has 3 nitrogen and oxygen atoms in total. The minimum atomic E-state index is -0.830. The molecule has 0 saturated heterocycles. The van der Waals surface area contributed by atoms with Crippen LogP contribution in [0.15, 0.2) is 42.5 Å². The number of carbonyl (C=O) groups is 1. The maximum Gasteiger partial charge on any atom is 0.335 e. The molecule has 5 rings (SSSR count). The van der Waals surface area contributed by atoms with Crippen molar-refractivity contribution in [3.05, 3.63) is 64.7 Å². The highest BCUT2D eigenvalue weighted by Gasteiger charge is 2.53. The molecule has 3 aliphatic rings. The van der Waals surface area contributed by atoms with E-state index in [1.54, 1.807) is 6.07 Å². The van der Waals surface area contributed by atoms with Crippen LogP contribution in [0.1, 0.15) is 58.3 Å². The highest BCUT2D eigenvalue weighted by Crippen LogP contribution is 2.63. The van der Waals surface area contributed by atoms with Crippen LogP contribution in [-0.2, 0) is 0 Å². The number of aromatic carboxylic acids is 1. The number of nitrogens with one attached hydrogen (secondary N) is 1. The van der Waals surface area contributed by atoms with Crippen molar-refractivity contribution in [2.75, 3.05) is 5.32 Å². The van der Waals surface area contributed by atoms with E-state index in [9.17, 15) is 9.90 Å². The van der Waals surface area contributed by atoms with Crippen molar-refractivity contribution in [1.82, 2.24) is 0 Å². The van der Waals surface area contributed by atoms with E-state index in [-0.39, 0.29) is 0 Å². The Balaban J connectivity index is 1.64. The van der Waals surface area contributed by atoms with E-state index in [4.69, 9.17) is 0 Å². The Labute approximate surface area is 148 Å². The van der Waals surface area contributed by atoms with Crippen molar-refractivity contribution in [3.8, 4) is 0 Å². The smallest absolute Gasteiger partial charge is 0.335 e. The van der Waals surface area contributed by atoms with Gasteiger partial charge >= 0.3 is 5.97 Å². The summed E-state index contributed by atoms with van der Waals surface area (Å²) in [6.45, 7) is 2.15. The van der Waals surface area contributed by atoms with Crippen LogP contribution in [0.3, 0.4) is 0 Å². The molecule has 5 unspecified atom stereocenters. The fourth-order valence-corrected chi connectivity index (χ4v) is 5.81. The van der Waals surface area contributed by atoms with Gasteiger partial charge in [0.1, 0.15) is 0 Å². The summed E-state index contributed by atoms with van der Waals surface area (Å²) in [5, 5.41) is 13.2. The molecule has 5 atom stereocenters. The fraction of sp³-hybridized carbons (Fsp3) is 0.409. The lowest BCUT2D eigenvalue weighted by molar-refractivity contribution is 0.0696. The maximum absolute atomic E-state index is 11.4. The average Bonchev–Trinajstić information content (AvgIpc) is 3.22. The molecule has 2 aliphatic carbocycles. The summed E-state index contributed by atoms with van der Waals surface area (Å²) in [4.78, 5) is 11.4. The molecular formula is C22H23NO2. The highest BCUT2D eigenvalue weighted by atomic mass is 16.4. The minimum Gasteiger partial charge on any atom is -0.478 e. The van der Waals surface area contributed by atoms with Crippen LogP contribution in [0.4, 0.5) is 5.69 Å². The molecule has 2 aromatic carbocycles. The number of hydrogen-bond acceptors (Lipinski definition) is 2. The van der Waals surface area contributed by atoms with Crippen molar-refractivity contribution in [3.63, 3.8) is 0 Å². The molecule has 2 bridgehead atoms. The van der Waals surface area contributed by atoms with Gasteiger partial charge in [0, 0.05) is 5.69 Å². The molecule has 1 heterocycles. The number of carboxylic acids is 1. The third kappa shape index (κ3) is 2.21. The van der Waals surface area contributed by atoms with Gasteiger partial charge in [0.15, 0.2) is 0 Å². The van der Waals surface area contributed by atoms with Gasteiger partial charge in [-0.1, -0.05) is 29.8 Å². The van der Waals surface area contributed by atoms with E-state index in [0.717, 1.165) is 11.6 Å². The van der Waals surface area contributed by atoms with Gasteiger partial charge in [-0.15, -0.1) is 0 Å². The normalized spacial score (nSPS) is 32.0. The third-order valence-electron chi connectivity index (χ3n) is 6.74. The van der Waals surface area contributed by atoms with E-state index in [2.05, 4.69) is 36.5 Å². The quantitative estimate of drug-likeness (QED) is 0.814. The van der Waals surface area contributed by atoms with Crippen LogP contribution in [0, 0.1) is 24.7 Å². The Hall–Kier alpha value is -2.29. The molecule has 0 radical (unpaired) electrons. The highest BCUT2D eigenvalue weighted by molar-refractivity contribution is 5.88. The van der Waals surface area contributed by atoms with Crippen LogP contribution in [0.2, 0.25) is 0 Å². The summed E-state index contributed by atoms with van der Waals surface area (Å²) in [5.41, 5.74) is 5.45. The zero-order valence-corrected chi connectivity index (χ0v) is 14.4. The zero-order chi connectivity index (χ0) is 17.1. The Kier molecular flexibility index (Phi) is 3.21. The molecule has 2 fully saturated rings. The molecule has 1 aliphatic heterocycles. The van der Waals surface area contributed by atoms with Crippen LogP contribution in [0.25, 0.3) is 0 Å². The lowest BCUT2D eigenvalue weighted by Gasteiger charge is -2.43. The molecule has 2 saturated carbocycles. The number of benzene rings is 2. The van der Waals surface area contributed by atoms with Gasteiger partial charge in [-0.3, -0.25) is 0 Å².